The van der Waals surface area contributed by atoms with Crippen LogP contribution in [0.3, 0.4) is 0 Å². The van der Waals surface area contributed by atoms with E-state index < -0.39 is 0 Å². The van der Waals surface area contributed by atoms with Gasteiger partial charge in [0.15, 0.2) is 0 Å². The number of esters is 1. The number of hydrogen-bond acceptors (Lipinski definition) is 2. The maximum absolute atomic E-state index is 11.4. The summed E-state index contributed by atoms with van der Waals surface area (Å²) in [6.07, 6.45) is 7.54. The molecule has 0 aromatic heterocycles. The van der Waals surface area contributed by atoms with E-state index in [-0.39, 0.29) is 18.0 Å². The summed E-state index contributed by atoms with van der Waals surface area (Å²) in [6.45, 7) is 0. The second-order valence-electron chi connectivity index (χ2n) is 5.27. The Labute approximate surface area is 108 Å². The van der Waals surface area contributed by atoms with Crippen molar-refractivity contribution in [2.24, 2.45) is 5.92 Å². The minimum Gasteiger partial charge on any atom is -0.462 e. The minimum atomic E-state index is -0.0157. The molecule has 2 aliphatic rings. The van der Waals surface area contributed by atoms with E-state index in [2.05, 4.69) is 30.3 Å². The van der Waals surface area contributed by atoms with Crippen molar-refractivity contribution >= 4 is 5.97 Å². The maximum Gasteiger partial charge on any atom is 0.313 e. The van der Waals surface area contributed by atoms with Crippen molar-refractivity contribution in [2.75, 3.05) is 0 Å². The lowest BCUT2D eigenvalue weighted by Crippen LogP contribution is -2.10. The van der Waals surface area contributed by atoms with Crippen molar-refractivity contribution in [3.8, 4) is 0 Å². The Bertz CT molecular complexity index is 461. The van der Waals surface area contributed by atoms with E-state index in [1.165, 1.54) is 11.1 Å². The number of fused-ring (bicyclic) bond motifs is 2. The Morgan fingerprint density at radius 3 is 2.78 bits per heavy atom. The van der Waals surface area contributed by atoms with Gasteiger partial charge in [0.25, 0.3) is 0 Å². The maximum atomic E-state index is 11.4. The van der Waals surface area contributed by atoms with Crippen LogP contribution in [-0.4, -0.2) is 12.1 Å². The molecule has 2 bridgehead atoms. The van der Waals surface area contributed by atoms with Gasteiger partial charge >= 0.3 is 5.97 Å². The van der Waals surface area contributed by atoms with Gasteiger partial charge in [-0.05, 0) is 24.8 Å². The molecule has 1 aromatic rings. The smallest absolute Gasteiger partial charge is 0.313 e. The van der Waals surface area contributed by atoms with Crippen LogP contribution in [0.15, 0.2) is 42.0 Å². The lowest BCUT2D eigenvalue weighted by Gasteiger charge is -2.16. The highest BCUT2D eigenvalue weighted by Gasteiger charge is 2.36. The molecular formula is C16H18O2. The summed E-state index contributed by atoms with van der Waals surface area (Å²) in [5.41, 5.74) is 2.81. The molecule has 94 valence electrons. The Morgan fingerprint density at radius 2 is 2.00 bits per heavy atom. The third-order valence-electron chi connectivity index (χ3n) is 3.84. The van der Waals surface area contributed by atoms with Gasteiger partial charge in [0, 0.05) is 12.8 Å². The topological polar surface area (TPSA) is 26.3 Å². The molecule has 0 N–H and O–H groups in total. The van der Waals surface area contributed by atoms with Gasteiger partial charge in [-0.1, -0.05) is 42.0 Å². The third kappa shape index (κ3) is 2.47. The van der Waals surface area contributed by atoms with Crippen LogP contribution in [0.5, 0.6) is 0 Å². The molecular weight excluding hydrogens is 224 g/mol. The van der Waals surface area contributed by atoms with E-state index in [0.29, 0.717) is 0 Å². The molecule has 1 heterocycles. The molecule has 1 fully saturated rings. The lowest BCUT2D eigenvalue weighted by atomic mass is 9.88. The largest absolute Gasteiger partial charge is 0.462 e. The van der Waals surface area contributed by atoms with Crippen LogP contribution >= 0.6 is 0 Å². The molecule has 1 unspecified atom stereocenters. The van der Waals surface area contributed by atoms with Gasteiger partial charge in [0.05, 0.1) is 5.92 Å². The van der Waals surface area contributed by atoms with Crippen LogP contribution in [0.2, 0.25) is 0 Å². The van der Waals surface area contributed by atoms with Gasteiger partial charge in [-0.15, -0.1) is 0 Å². The fourth-order valence-corrected chi connectivity index (χ4v) is 2.93. The number of rotatable bonds is 4. The average Bonchev–Trinajstić information content (AvgIpc) is 2.64. The molecule has 0 spiro atoms. The van der Waals surface area contributed by atoms with Crippen molar-refractivity contribution in [2.45, 2.75) is 38.2 Å². The van der Waals surface area contributed by atoms with Crippen LogP contribution in [0, 0.1) is 5.92 Å². The van der Waals surface area contributed by atoms with Crippen LogP contribution in [0.25, 0.3) is 0 Å². The molecule has 18 heavy (non-hydrogen) atoms. The molecule has 1 aliphatic heterocycles. The van der Waals surface area contributed by atoms with E-state index in [9.17, 15) is 4.79 Å². The molecule has 3 rings (SSSR count). The normalized spacial score (nSPS) is 25.8. The first-order chi connectivity index (χ1) is 8.81. The quantitative estimate of drug-likeness (QED) is 0.598. The van der Waals surface area contributed by atoms with Crippen molar-refractivity contribution in [1.29, 1.82) is 0 Å². The summed E-state index contributed by atoms with van der Waals surface area (Å²) in [4.78, 5) is 11.4. The Hall–Kier alpha value is -1.57. The Kier molecular flexibility index (Phi) is 3.18. The number of carbonyl (C=O) groups excluding carboxylic acids is 1. The number of aryl methyl sites for hydroxylation is 1. The zero-order valence-corrected chi connectivity index (χ0v) is 10.5. The van der Waals surface area contributed by atoms with E-state index in [1.54, 1.807) is 0 Å². The standard InChI is InChI=1S/C16H18O2/c17-16-14-9-13(10-15(11-14)18-16)8-4-7-12-5-2-1-3-6-12/h1-3,5-6,9,14-15H,4,7-8,10-11H2/t14-,15?/m1/s1. The fourth-order valence-electron chi connectivity index (χ4n) is 2.93. The first-order valence-electron chi connectivity index (χ1n) is 6.75. The highest BCUT2D eigenvalue weighted by atomic mass is 16.6. The van der Waals surface area contributed by atoms with Gasteiger partial charge < -0.3 is 4.74 Å². The average molecular weight is 242 g/mol. The van der Waals surface area contributed by atoms with E-state index in [0.717, 1.165) is 32.1 Å². The molecule has 0 amide bonds. The molecule has 0 radical (unpaired) electrons. The molecule has 2 atom stereocenters. The summed E-state index contributed by atoms with van der Waals surface area (Å²) in [5.74, 6) is 0.0357. The van der Waals surface area contributed by atoms with Crippen molar-refractivity contribution in [3.63, 3.8) is 0 Å². The summed E-state index contributed by atoms with van der Waals surface area (Å²) in [7, 11) is 0. The van der Waals surface area contributed by atoms with E-state index >= 15 is 0 Å². The second kappa shape index (κ2) is 4.97. The van der Waals surface area contributed by atoms with Crippen molar-refractivity contribution in [1.82, 2.24) is 0 Å². The van der Waals surface area contributed by atoms with Crippen molar-refractivity contribution in [3.05, 3.63) is 47.5 Å². The predicted molar refractivity (Wildman–Crippen MR) is 70.1 cm³/mol. The first-order valence-corrected chi connectivity index (χ1v) is 6.75. The molecule has 1 saturated heterocycles. The fraction of sp³-hybridized carbons (Fsp3) is 0.438. The second-order valence-corrected chi connectivity index (χ2v) is 5.27. The summed E-state index contributed by atoms with van der Waals surface area (Å²) < 4.78 is 5.29. The summed E-state index contributed by atoms with van der Waals surface area (Å²) in [5, 5.41) is 0. The lowest BCUT2D eigenvalue weighted by molar-refractivity contribution is -0.142. The van der Waals surface area contributed by atoms with Gasteiger partial charge in [0.1, 0.15) is 6.10 Å². The molecule has 0 saturated carbocycles. The van der Waals surface area contributed by atoms with Crippen molar-refractivity contribution < 1.29 is 9.53 Å². The predicted octanol–water partition coefficient (Wildman–Crippen LogP) is 3.27. The van der Waals surface area contributed by atoms with Gasteiger partial charge in [-0.25, -0.2) is 0 Å². The highest BCUT2D eigenvalue weighted by molar-refractivity contribution is 5.77. The van der Waals surface area contributed by atoms with E-state index in [1.807, 2.05) is 6.07 Å². The molecule has 2 heteroatoms. The van der Waals surface area contributed by atoms with Gasteiger partial charge in [-0.2, -0.15) is 0 Å². The highest BCUT2D eigenvalue weighted by Crippen LogP contribution is 2.34. The summed E-state index contributed by atoms with van der Waals surface area (Å²) >= 11 is 0. The van der Waals surface area contributed by atoms with Crippen LogP contribution in [0.4, 0.5) is 0 Å². The third-order valence-corrected chi connectivity index (χ3v) is 3.84. The van der Waals surface area contributed by atoms with Gasteiger partial charge in [-0.3, -0.25) is 4.79 Å². The minimum absolute atomic E-state index is 0.0157. The number of ether oxygens (including phenoxy) is 1. The van der Waals surface area contributed by atoms with Gasteiger partial charge in [0.2, 0.25) is 0 Å². The van der Waals surface area contributed by atoms with Crippen LogP contribution < -0.4 is 0 Å². The van der Waals surface area contributed by atoms with Crippen LogP contribution in [-0.2, 0) is 16.0 Å². The zero-order valence-electron chi connectivity index (χ0n) is 10.5. The molecule has 1 aromatic carbocycles. The molecule has 1 aliphatic carbocycles. The Morgan fingerprint density at radius 1 is 1.17 bits per heavy atom. The summed E-state index contributed by atoms with van der Waals surface area (Å²) in [6, 6.07) is 10.6. The Balaban J connectivity index is 1.52. The number of benzene rings is 1. The number of hydrogen-bond donors (Lipinski definition) is 0. The number of carbonyl (C=O) groups is 1. The monoisotopic (exact) mass is 242 g/mol. The SMILES string of the molecule is O=C1OC2CC(CCCc3ccccc3)=C[C@@H]1C2. The first kappa shape index (κ1) is 11.5. The zero-order chi connectivity index (χ0) is 12.4. The van der Waals surface area contributed by atoms with E-state index in [4.69, 9.17) is 4.74 Å². The van der Waals surface area contributed by atoms with Crippen LogP contribution in [0.1, 0.15) is 31.2 Å². The molecule has 2 nitrogen and oxygen atoms in total.